The lowest BCUT2D eigenvalue weighted by molar-refractivity contribution is 0.245. The van der Waals surface area contributed by atoms with Crippen LogP contribution in [-0.2, 0) is 21.8 Å². The second kappa shape index (κ2) is 10.2. The monoisotopic (exact) mass is 536 g/mol. The fourth-order valence-corrected chi connectivity index (χ4v) is 6.53. The van der Waals surface area contributed by atoms with Crippen molar-refractivity contribution in [2.75, 3.05) is 31.4 Å². The van der Waals surface area contributed by atoms with Crippen LogP contribution < -0.4 is 19.7 Å². The molecule has 0 atom stereocenters. The highest BCUT2D eigenvalue weighted by Gasteiger charge is 2.46. The molecule has 3 aromatic rings. The van der Waals surface area contributed by atoms with Crippen LogP contribution in [0.15, 0.2) is 53.7 Å². The molecule has 1 fully saturated rings. The van der Waals surface area contributed by atoms with Crippen molar-refractivity contribution >= 4 is 21.6 Å². The molecule has 9 nitrogen and oxygen atoms in total. The molecule has 2 amide bonds. The standard InChI is InChI=1S/C28H32N4O5S/c1-4-38(34,35)21-10-7-19(8-11-21)16-29-27(33)32-17-28(13-5-6-14-28)22-15-20(9-12-23(22)32)24-25(36-2)30-18-31-26(24)37-3/h7-12,15,18H,4-6,13-14,16-17H2,1-3H3,(H,29,33). The van der Waals surface area contributed by atoms with Gasteiger partial charge in [0.05, 0.1) is 24.9 Å². The van der Waals surface area contributed by atoms with Gasteiger partial charge in [-0.1, -0.05) is 38.0 Å². The minimum Gasteiger partial charge on any atom is -0.480 e. The van der Waals surface area contributed by atoms with Gasteiger partial charge in [-0.25, -0.2) is 23.2 Å². The van der Waals surface area contributed by atoms with Crippen LogP contribution in [0.1, 0.15) is 43.7 Å². The number of nitrogens with one attached hydrogen (secondary N) is 1. The van der Waals surface area contributed by atoms with E-state index in [1.165, 1.54) is 6.33 Å². The minimum atomic E-state index is -3.26. The highest BCUT2D eigenvalue weighted by Crippen LogP contribution is 2.52. The predicted molar refractivity (Wildman–Crippen MR) is 144 cm³/mol. The van der Waals surface area contributed by atoms with Crippen molar-refractivity contribution in [3.05, 3.63) is 59.9 Å². The molecule has 38 heavy (non-hydrogen) atoms. The first-order valence-electron chi connectivity index (χ1n) is 12.8. The molecule has 1 aliphatic heterocycles. The molecule has 0 saturated heterocycles. The summed E-state index contributed by atoms with van der Waals surface area (Å²) < 4.78 is 35.2. The molecule has 200 valence electrons. The predicted octanol–water partition coefficient (Wildman–Crippen LogP) is 4.50. The molecule has 2 aliphatic rings. The van der Waals surface area contributed by atoms with Crippen LogP contribution in [0.2, 0.25) is 0 Å². The van der Waals surface area contributed by atoms with Gasteiger partial charge in [0.15, 0.2) is 9.84 Å². The van der Waals surface area contributed by atoms with E-state index in [9.17, 15) is 13.2 Å². The molecule has 0 unspecified atom stereocenters. The molecule has 1 N–H and O–H groups in total. The lowest BCUT2D eigenvalue weighted by atomic mass is 9.80. The van der Waals surface area contributed by atoms with E-state index in [0.29, 0.717) is 35.3 Å². The van der Waals surface area contributed by atoms with Crippen molar-refractivity contribution in [2.45, 2.75) is 49.5 Å². The van der Waals surface area contributed by atoms with Crippen LogP contribution >= 0.6 is 0 Å². The number of fused-ring (bicyclic) bond motifs is 2. The van der Waals surface area contributed by atoms with Crippen LogP contribution in [0.25, 0.3) is 11.1 Å². The number of hydrogen-bond donors (Lipinski definition) is 1. The third-order valence-electron chi connectivity index (χ3n) is 7.68. The van der Waals surface area contributed by atoms with E-state index < -0.39 is 9.84 Å². The molecule has 1 aromatic heterocycles. The number of aromatic nitrogens is 2. The Labute approximate surface area is 223 Å². The Morgan fingerprint density at radius 2 is 1.68 bits per heavy atom. The highest BCUT2D eigenvalue weighted by atomic mass is 32.2. The number of ether oxygens (including phenoxy) is 2. The molecule has 10 heteroatoms. The Morgan fingerprint density at radius 3 is 2.29 bits per heavy atom. The van der Waals surface area contributed by atoms with E-state index in [-0.39, 0.29) is 17.2 Å². The topological polar surface area (TPSA) is 111 Å². The number of hydrogen-bond acceptors (Lipinski definition) is 7. The molecule has 1 spiro atoms. The van der Waals surface area contributed by atoms with E-state index in [1.54, 1.807) is 45.4 Å². The van der Waals surface area contributed by atoms with Gasteiger partial charge in [-0.2, -0.15) is 0 Å². The molecule has 2 heterocycles. The number of anilines is 1. The van der Waals surface area contributed by atoms with Gasteiger partial charge < -0.3 is 14.8 Å². The third-order valence-corrected chi connectivity index (χ3v) is 9.44. The van der Waals surface area contributed by atoms with Crippen LogP contribution in [0.4, 0.5) is 10.5 Å². The van der Waals surface area contributed by atoms with E-state index >= 15 is 0 Å². The molecule has 5 rings (SSSR count). The van der Waals surface area contributed by atoms with Gasteiger partial charge in [0.25, 0.3) is 0 Å². The van der Waals surface area contributed by atoms with Crippen molar-refractivity contribution in [3.8, 4) is 22.9 Å². The number of sulfone groups is 1. The van der Waals surface area contributed by atoms with Crippen LogP contribution in [0.5, 0.6) is 11.8 Å². The van der Waals surface area contributed by atoms with Gasteiger partial charge in [-0.05, 0) is 53.8 Å². The van der Waals surface area contributed by atoms with Crippen LogP contribution in [0.3, 0.4) is 0 Å². The van der Waals surface area contributed by atoms with Crippen molar-refractivity contribution < 1.29 is 22.7 Å². The zero-order valence-electron chi connectivity index (χ0n) is 21.9. The smallest absolute Gasteiger partial charge is 0.322 e. The molecule has 0 bridgehead atoms. The van der Waals surface area contributed by atoms with Crippen molar-refractivity contribution in [2.24, 2.45) is 0 Å². The fourth-order valence-electron chi connectivity index (χ4n) is 5.65. The molecule has 0 radical (unpaired) electrons. The summed E-state index contributed by atoms with van der Waals surface area (Å²) in [5, 5.41) is 3.02. The molecular weight excluding hydrogens is 504 g/mol. The minimum absolute atomic E-state index is 0.0533. The number of nitrogens with zero attached hydrogens (tertiary/aromatic N) is 3. The number of carbonyl (C=O) groups excluding carboxylic acids is 1. The second-order valence-electron chi connectivity index (χ2n) is 9.78. The number of carbonyl (C=O) groups is 1. The number of urea groups is 1. The van der Waals surface area contributed by atoms with E-state index in [0.717, 1.165) is 48.1 Å². The molecule has 2 aromatic carbocycles. The van der Waals surface area contributed by atoms with E-state index in [1.807, 2.05) is 17.0 Å². The summed E-state index contributed by atoms with van der Waals surface area (Å²) in [5.74, 6) is 0.919. The SMILES string of the molecule is CCS(=O)(=O)c1ccc(CNC(=O)N2CC3(CCCC3)c3cc(-c4c(OC)ncnc4OC)ccc32)cc1. The van der Waals surface area contributed by atoms with Crippen LogP contribution in [-0.4, -0.2) is 50.9 Å². The number of methoxy groups -OCH3 is 2. The second-order valence-corrected chi connectivity index (χ2v) is 12.1. The lowest BCUT2D eigenvalue weighted by Gasteiger charge is -2.25. The summed E-state index contributed by atoms with van der Waals surface area (Å²) in [6.45, 7) is 2.54. The van der Waals surface area contributed by atoms with Gasteiger partial charge >= 0.3 is 6.03 Å². The van der Waals surface area contributed by atoms with Gasteiger partial charge in [0, 0.05) is 24.2 Å². The fraction of sp³-hybridized carbons (Fsp3) is 0.393. The Balaban J connectivity index is 1.42. The first kappa shape index (κ1) is 26.0. The Bertz CT molecular complexity index is 1430. The largest absolute Gasteiger partial charge is 0.480 e. The lowest BCUT2D eigenvalue weighted by Crippen LogP contribution is -2.41. The normalized spacial score (nSPS) is 15.9. The van der Waals surface area contributed by atoms with Gasteiger partial charge in [0.2, 0.25) is 11.8 Å². The zero-order chi connectivity index (χ0) is 26.9. The van der Waals surface area contributed by atoms with E-state index in [4.69, 9.17) is 9.47 Å². The summed E-state index contributed by atoms with van der Waals surface area (Å²) in [4.78, 5) is 24.1. The number of amides is 2. The Hall–Kier alpha value is -3.66. The zero-order valence-corrected chi connectivity index (χ0v) is 22.7. The maximum Gasteiger partial charge on any atom is 0.322 e. The summed E-state index contributed by atoms with van der Waals surface area (Å²) in [5.41, 5.74) is 4.34. The molecular formula is C28H32N4O5S. The van der Waals surface area contributed by atoms with Crippen LogP contribution in [0, 0.1) is 0 Å². The average molecular weight is 537 g/mol. The summed E-state index contributed by atoms with van der Waals surface area (Å²) in [6.07, 6.45) is 5.68. The van der Waals surface area contributed by atoms with Gasteiger partial charge in [-0.3, -0.25) is 4.90 Å². The van der Waals surface area contributed by atoms with Crippen molar-refractivity contribution in [3.63, 3.8) is 0 Å². The Kier molecular flexibility index (Phi) is 7.00. The number of rotatable bonds is 7. The first-order valence-corrected chi connectivity index (χ1v) is 14.4. The highest BCUT2D eigenvalue weighted by molar-refractivity contribution is 7.91. The summed E-state index contributed by atoms with van der Waals surface area (Å²) in [6, 6.07) is 12.6. The van der Waals surface area contributed by atoms with Gasteiger partial charge in [-0.15, -0.1) is 0 Å². The number of benzene rings is 2. The van der Waals surface area contributed by atoms with E-state index in [2.05, 4.69) is 21.4 Å². The van der Waals surface area contributed by atoms with Crippen molar-refractivity contribution in [1.82, 2.24) is 15.3 Å². The maximum atomic E-state index is 13.4. The molecule has 1 aliphatic carbocycles. The summed E-state index contributed by atoms with van der Waals surface area (Å²) in [7, 11) is -0.120. The quantitative estimate of drug-likeness (QED) is 0.473. The first-order chi connectivity index (χ1) is 18.3. The third kappa shape index (κ3) is 4.57. The molecule has 1 saturated carbocycles. The maximum absolute atomic E-state index is 13.4. The van der Waals surface area contributed by atoms with Crippen molar-refractivity contribution in [1.29, 1.82) is 0 Å². The Morgan fingerprint density at radius 1 is 1.03 bits per heavy atom. The summed E-state index contributed by atoms with van der Waals surface area (Å²) >= 11 is 0. The average Bonchev–Trinajstić information content (AvgIpc) is 3.56. The van der Waals surface area contributed by atoms with Gasteiger partial charge in [0.1, 0.15) is 11.9 Å².